The Hall–Kier alpha value is -2.63. The van der Waals surface area contributed by atoms with Crippen LogP contribution in [0.25, 0.3) is 11.3 Å². The summed E-state index contributed by atoms with van der Waals surface area (Å²) in [6, 6.07) is 9.66. The topological polar surface area (TPSA) is 70.4 Å². The molecule has 1 atom stereocenters. The Morgan fingerprint density at radius 1 is 1.26 bits per heavy atom. The third-order valence-corrected chi connectivity index (χ3v) is 3.43. The lowest BCUT2D eigenvalue weighted by molar-refractivity contribution is -0.147. The Morgan fingerprint density at radius 3 is 2.70 bits per heavy atom. The molecule has 0 radical (unpaired) electrons. The van der Waals surface area contributed by atoms with Gasteiger partial charge in [0.2, 0.25) is 0 Å². The van der Waals surface area contributed by atoms with Gasteiger partial charge in [0, 0.05) is 11.6 Å². The van der Waals surface area contributed by atoms with Crippen molar-refractivity contribution in [3.63, 3.8) is 0 Å². The molecule has 0 aliphatic rings. The van der Waals surface area contributed by atoms with Gasteiger partial charge in [0.15, 0.2) is 6.04 Å². The van der Waals surface area contributed by atoms with Gasteiger partial charge in [-0.1, -0.05) is 19.1 Å². The number of aromatic nitrogens is 2. The van der Waals surface area contributed by atoms with E-state index < -0.39 is 12.0 Å². The van der Waals surface area contributed by atoms with E-state index in [1.807, 2.05) is 31.2 Å². The summed E-state index contributed by atoms with van der Waals surface area (Å²) in [6.07, 6.45) is 0.424. The van der Waals surface area contributed by atoms with E-state index in [2.05, 4.69) is 5.10 Å². The summed E-state index contributed by atoms with van der Waals surface area (Å²) in [4.78, 5) is 24.1. The molecule has 1 aromatic carbocycles. The normalized spacial score (nSPS) is 11.8. The van der Waals surface area contributed by atoms with E-state index in [4.69, 9.17) is 9.47 Å². The molecule has 0 saturated heterocycles. The fourth-order valence-electron chi connectivity index (χ4n) is 2.26. The molecule has 0 unspecified atom stereocenters. The Kier molecular flexibility index (Phi) is 5.51. The van der Waals surface area contributed by atoms with Crippen molar-refractivity contribution in [2.75, 3.05) is 13.7 Å². The minimum atomic E-state index is -0.729. The summed E-state index contributed by atoms with van der Waals surface area (Å²) in [5.74, 6) is 0.242. The molecule has 23 heavy (non-hydrogen) atoms. The summed E-state index contributed by atoms with van der Waals surface area (Å²) in [5, 5.41) is 4.34. The second-order valence-electron chi connectivity index (χ2n) is 4.91. The number of ether oxygens (including phenoxy) is 2. The molecular formula is C17H20N2O4. The quantitative estimate of drug-likeness (QED) is 0.766. The number of benzene rings is 1. The summed E-state index contributed by atoms with van der Waals surface area (Å²) < 4.78 is 11.4. The Labute approximate surface area is 134 Å². The van der Waals surface area contributed by atoms with Gasteiger partial charge >= 0.3 is 5.97 Å². The zero-order valence-corrected chi connectivity index (χ0v) is 13.5. The van der Waals surface area contributed by atoms with Crippen LogP contribution in [0.15, 0.2) is 41.2 Å². The minimum absolute atomic E-state index is 0.264. The number of carbonyl (C=O) groups is 1. The molecule has 1 aromatic heterocycles. The van der Waals surface area contributed by atoms with Crippen LogP contribution in [-0.4, -0.2) is 29.5 Å². The molecule has 0 N–H and O–H groups in total. The first-order chi connectivity index (χ1) is 11.1. The Morgan fingerprint density at radius 2 is 2.04 bits per heavy atom. The molecule has 6 heteroatoms. The molecule has 0 saturated carbocycles. The van der Waals surface area contributed by atoms with E-state index in [0.29, 0.717) is 17.9 Å². The van der Waals surface area contributed by atoms with Crippen molar-refractivity contribution < 1.29 is 14.3 Å². The van der Waals surface area contributed by atoms with Crippen molar-refractivity contribution in [3.8, 4) is 17.0 Å². The average molecular weight is 316 g/mol. The van der Waals surface area contributed by atoms with E-state index in [0.717, 1.165) is 5.56 Å². The number of hydrogen-bond donors (Lipinski definition) is 0. The highest BCUT2D eigenvalue weighted by atomic mass is 16.5. The van der Waals surface area contributed by atoms with Crippen molar-refractivity contribution in [1.29, 1.82) is 0 Å². The van der Waals surface area contributed by atoms with Gasteiger partial charge in [0.1, 0.15) is 5.75 Å². The molecule has 2 rings (SSSR count). The molecule has 1 heterocycles. The number of carbonyl (C=O) groups excluding carboxylic acids is 1. The van der Waals surface area contributed by atoms with Gasteiger partial charge in [0.25, 0.3) is 5.56 Å². The smallest absolute Gasteiger partial charge is 0.331 e. The second kappa shape index (κ2) is 7.58. The maximum atomic E-state index is 12.1. The first-order valence-corrected chi connectivity index (χ1v) is 7.51. The SMILES string of the molecule is CCOC(=O)[C@@H](CC)n1nc(-c2cccc(OC)c2)ccc1=O. The maximum absolute atomic E-state index is 12.1. The van der Waals surface area contributed by atoms with Gasteiger partial charge in [-0.2, -0.15) is 5.10 Å². The lowest BCUT2D eigenvalue weighted by atomic mass is 10.1. The predicted octanol–water partition coefficient (Wildman–Crippen LogP) is 2.43. The molecule has 0 bridgehead atoms. The van der Waals surface area contributed by atoms with Gasteiger partial charge in [0.05, 0.1) is 19.4 Å². The second-order valence-corrected chi connectivity index (χ2v) is 4.91. The first-order valence-electron chi connectivity index (χ1n) is 7.51. The highest BCUT2D eigenvalue weighted by Gasteiger charge is 2.22. The molecule has 122 valence electrons. The highest BCUT2D eigenvalue weighted by Crippen LogP contribution is 2.22. The largest absolute Gasteiger partial charge is 0.497 e. The van der Waals surface area contributed by atoms with Gasteiger partial charge in [-0.05, 0) is 31.5 Å². The molecule has 6 nitrogen and oxygen atoms in total. The number of rotatable bonds is 6. The zero-order valence-electron chi connectivity index (χ0n) is 13.5. The van der Waals surface area contributed by atoms with Crippen molar-refractivity contribution >= 4 is 5.97 Å². The maximum Gasteiger partial charge on any atom is 0.331 e. The molecular weight excluding hydrogens is 296 g/mol. The fourth-order valence-corrected chi connectivity index (χ4v) is 2.26. The monoisotopic (exact) mass is 316 g/mol. The third-order valence-electron chi connectivity index (χ3n) is 3.43. The molecule has 0 aliphatic carbocycles. The van der Waals surface area contributed by atoms with Crippen LogP contribution in [0.5, 0.6) is 5.75 Å². The van der Waals surface area contributed by atoms with Crippen LogP contribution in [0.3, 0.4) is 0 Å². The van der Waals surface area contributed by atoms with Crippen molar-refractivity contribution in [2.24, 2.45) is 0 Å². The van der Waals surface area contributed by atoms with Crippen LogP contribution >= 0.6 is 0 Å². The summed E-state index contributed by atoms with van der Waals surface area (Å²) in [7, 11) is 1.58. The van der Waals surface area contributed by atoms with Crippen LogP contribution in [0.2, 0.25) is 0 Å². The predicted molar refractivity (Wildman–Crippen MR) is 86.4 cm³/mol. The van der Waals surface area contributed by atoms with Crippen LogP contribution in [0.1, 0.15) is 26.3 Å². The van der Waals surface area contributed by atoms with E-state index in [1.54, 1.807) is 20.1 Å². The molecule has 0 amide bonds. The summed E-state index contributed by atoms with van der Waals surface area (Å²) in [6.45, 7) is 3.81. The van der Waals surface area contributed by atoms with E-state index >= 15 is 0 Å². The molecule has 2 aromatic rings. The van der Waals surface area contributed by atoms with E-state index in [-0.39, 0.29) is 12.2 Å². The third kappa shape index (κ3) is 3.77. The van der Waals surface area contributed by atoms with Crippen molar-refractivity contribution in [1.82, 2.24) is 9.78 Å². The van der Waals surface area contributed by atoms with Crippen LogP contribution in [0, 0.1) is 0 Å². The van der Waals surface area contributed by atoms with Crippen molar-refractivity contribution in [2.45, 2.75) is 26.3 Å². The minimum Gasteiger partial charge on any atom is -0.497 e. The molecule has 0 fully saturated rings. The highest BCUT2D eigenvalue weighted by molar-refractivity contribution is 5.74. The number of nitrogens with zero attached hydrogens (tertiary/aromatic N) is 2. The number of methoxy groups -OCH3 is 1. The van der Waals surface area contributed by atoms with E-state index in [1.165, 1.54) is 10.7 Å². The molecule has 0 aliphatic heterocycles. The van der Waals surface area contributed by atoms with Gasteiger partial charge < -0.3 is 9.47 Å². The van der Waals surface area contributed by atoms with Crippen LogP contribution < -0.4 is 10.3 Å². The Bertz CT molecular complexity index is 739. The summed E-state index contributed by atoms with van der Waals surface area (Å²) >= 11 is 0. The fraction of sp³-hybridized carbons (Fsp3) is 0.353. The van der Waals surface area contributed by atoms with E-state index in [9.17, 15) is 9.59 Å². The lowest BCUT2D eigenvalue weighted by Gasteiger charge is -2.16. The van der Waals surface area contributed by atoms with Crippen LogP contribution in [0.4, 0.5) is 0 Å². The van der Waals surface area contributed by atoms with Crippen molar-refractivity contribution in [3.05, 3.63) is 46.8 Å². The van der Waals surface area contributed by atoms with Gasteiger partial charge in [-0.3, -0.25) is 4.79 Å². The average Bonchev–Trinajstić information content (AvgIpc) is 2.57. The summed E-state index contributed by atoms with van der Waals surface area (Å²) in [5.41, 5.74) is 1.06. The number of hydrogen-bond acceptors (Lipinski definition) is 5. The van der Waals surface area contributed by atoms with Gasteiger partial charge in [-0.25, -0.2) is 9.48 Å². The number of esters is 1. The first kappa shape index (κ1) is 16.7. The molecule has 0 spiro atoms. The lowest BCUT2D eigenvalue weighted by Crippen LogP contribution is -2.32. The Balaban J connectivity index is 2.45. The standard InChI is InChI=1S/C17H20N2O4/c1-4-15(17(21)23-5-2)19-16(20)10-9-14(18-19)12-7-6-8-13(11-12)22-3/h6-11,15H,4-5H2,1-3H3/t15-/m1/s1. The zero-order chi connectivity index (χ0) is 16.8. The van der Waals surface area contributed by atoms with Crippen LogP contribution in [-0.2, 0) is 9.53 Å². The van der Waals surface area contributed by atoms with Gasteiger partial charge in [-0.15, -0.1) is 0 Å².